The molecule has 3 nitrogen and oxygen atoms in total. The number of hydrogen-bond donors (Lipinski definition) is 2. The summed E-state index contributed by atoms with van der Waals surface area (Å²) < 4.78 is 0. The summed E-state index contributed by atoms with van der Waals surface area (Å²) in [6.07, 6.45) is 2.28. The van der Waals surface area contributed by atoms with E-state index in [-0.39, 0.29) is 5.54 Å². The predicted molar refractivity (Wildman–Crippen MR) is 56.8 cm³/mol. The van der Waals surface area contributed by atoms with Crippen molar-refractivity contribution in [1.29, 1.82) is 0 Å². The lowest BCUT2D eigenvalue weighted by molar-refractivity contribution is 0.168. The van der Waals surface area contributed by atoms with Crippen LogP contribution in [0.4, 0.5) is 0 Å². The predicted octanol–water partition coefficient (Wildman–Crippen LogP) is 0.406. The topological polar surface area (TPSA) is 41.3 Å². The van der Waals surface area contributed by atoms with Gasteiger partial charge in [-0.3, -0.25) is 0 Å². The minimum Gasteiger partial charge on any atom is -0.328 e. The summed E-state index contributed by atoms with van der Waals surface area (Å²) >= 11 is 0. The first-order valence-electron chi connectivity index (χ1n) is 5.08. The molecule has 0 aromatic rings. The first kappa shape index (κ1) is 11.0. The van der Waals surface area contributed by atoms with Crippen LogP contribution in [0, 0.1) is 0 Å². The average molecular weight is 185 g/mol. The van der Waals surface area contributed by atoms with Gasteiger partial charge in [-0.15, -0.1) is 0 Å². The number of likely N-dealkylation sites (N-methyl/N-ethyl adjacent to an activating group) is 1. The van der Waals surface area contributed by atoms with E-state index in [0.29, 0.717) is 12.1 Å². The van der Waals surface area contributed by atoms with Crippen molar-refractivity contribution < 1.29 is 0 Å². The van der Waals surface area contributed by atoms with Crippen LogP contribution in [0.5, 0.6) is 0 Å². The minimum atomic E-state index is 0.236. The van der Waals surface area contributed by atoms with Crippen molar-refractivity contribution in [2.24, 2.45) is 5.73 Å². The normalized spacial score (nSPS) is 29.1. The van der Waals surface area contributed by atoms with E-state index in [4.69, 9.17) is 5.73 Å². The lowest BCUT2D eigenvalue weighted by Crippen LogP contribution is -2.54. The Morgan fingerprint density at radius 3 is 2.31 bits per heavy atom. The molecule has 1 rings (SSSR count). The highest BCUT2D eigenvalue weighted by molar-refractivity contribution is 4.90. The minimum absolute atomic E-state index is 0.236. The molecule has 1 saturated carbocycles. The van der Waals surface area contributed by atoms with Crippen LogP contribution in [0.3, 0.4) is 0 Å². The summed E-state index contributed by atoms with van der Waals surface area (Å²) in [6, 6.07) is 1.11. The molecule has 3 N–H and O–H groups in total. The van der Waals surface area contributed by atoms with Crippen molar-refractivity contribution >= 4 is 0 Å². The highest BCUT2D eigenvalue weighted by Gasteiger charge is 2.28. The summed E-state index contributed by atoms with van der Waals surface area (Å²) in [5.74, 6) is 0. The highest BCUT2D eigenvalue weighted by Crippen LogP contribution is 2.18. The van der Waals surface area contributed by atoms with E-state index < -0.39 is 0 Å². The summed E-state index contributed by atoms with van der Waals surface area (Å²) in [4.78, 5) is 2.25. The van der Waals surface area contributed by atoms with Crippen molar-refractivity contribution in [2.45, 2.75) is 44.3 Å². The monoisotopic (exact) mass is 185 g/mol. The number of hydrogen-bond acceptors (Lipinski definition) is 3. The van der Waals surface area contributed by atoms with Crippen LogP contribution in [0.15, 0.2) is 0 Å². The van der Waals surface area contributed by atoms with Gasteiger partial charge in [0.05, 0.1) is 0 Å². The van der Waals surface area contributed by atoms with Crippen molar-refractivity contribution in [1.82, 2.24) is 10.2 Å². The maximum Gasteiger partial charge on any atom is 0.0271 e. The van der Waals surface area contributed by atoms with Gasteiger partial charge in [0.15, 0.2) is 0 Å². The molecule has 0 saturated heterocycles. The zero-order valence-corrected chi connectivity index (χ0v) is 9.30. The van der Waals surface area contributed by atoms with E-state index in [1.54, 1.807) is 0 Å². The Morgan fingerprint density at radius 2 is 1.92 bits per heavy atom. The van der Waals surface area contributed by atoms with Gasteiger partial charge in [0.25, 0.3) is 0 Å². The average Bonchev–Trinajstić information content (AvgIpc) is 1.95. The summed E-state index contributed by atoms with van der Waals surface area (Å²) in [7, 11) is 4.24. The molecule has 0 amide bonds. The Morgan fingerprint density at radius 1 is 1.38 bits per heavy atom. The maximum absolute atomic E-state index is 5.72. The SMILES string of the molecule is CN(C)C(C)(C)CNC1CC(N)C1. The molecule has 0 atom stereocenters. The van der Waals surface area contributed by atoms with Gasteiger partial charge in [-0.2, -0.15) is 0 Å². The van der Waals surface area contributed by atoms with Crippen LogP contribution in [0.1, 0.15) is 26.7 Å². The van der Waals surface area contributed by atoms with Crippen molar-refractivity contribution in [2.75, 3.05) is 20.6 Å². The number of nitrogens with two attached hydrogens (primary N) is 1. The fraction of sp³-hybridized carbons (Fsp3) is 1.00. The van der Waals surface area contributed by atoms with E-state index in [2.05, 4.69) is 38.2 Å². The first-order valence-corrected chi connectivity index (χ1v) is 5.08. The van der Waals surface area contributed by atoms with E-state index in [9.17, 15) is 0 Å². The Kier molecular flexibility index (Phi) is 3.33. The number of nitrogens with zero attached hydrogens (tertiary/aromatic N) is 1. The second kappa shape index (κ2) is 3.95. The van der Waals surface area contributed by atoms with Crippen LogP contribution in [0.25, 0.3) is 0 Å². The largest absolute Gasteiger partial charge is 0.328 e. The molecule has 0 heterocycles. The fourth-order valence-corrected chi connectivity index (χ4v) is 1.38. The van der Waals surface area contributed by atoms with Gasteiger partial charge in [0, 0.05) is 24.2 Å². The number of rotatable bonds is 4. The fourth-order valence-electron chi connectivity index (χ4n) is 1.38. The molecular formula is C10H23N3. The van der Waals surface area contributed by atoms with Crippen molar-refractivity contribution in [3.63, 3.8) is 0 Å². The van der Waals surface area contributed by atoms with Crippen molar-refractivity contribution in [3.8, 4) is 0 Å². The molecule has 0 aromatic heterocycles. The van der Waals surface area contributed by atoms with Gasteiger partial charge in [-0.1, -0.05) is 0 Å². The molecule has 78 valence electrons. The smallest absolute Gasteiger partial charge is 0.0271 e. The summed E-state index contributed by atoms with van der Waals surface area (Å²) in [5, 5.41) is 3.55. The van der Waals surface area contributed by atoms with Crippen LogP contribution in [0.2, 0.25) is 0 Å². The Balaban J connectivity index is 2.18. The Bertz CT molecular complexity index is 160. The molecule has 0 unspecified atom stereocenters. The standard InChI is InChI=1S/C10H23N3/c1-10(2,13(3)4)7-12-9-5-8(11)6-9/h8-9,12H,5-7,11H2,1-4H3. The maximum atomic E-state index is 5.72. The second-order valence-electron chi connectivity index (χ2n) is 5.02. The quantitative estimate of drug-likeness (QED) is 0.666. The Hall–Kier alpha value is -0.120. The molecular weight excluding hydrogens is 162 g/mol. The molecule has 1 fully saturated rings. The van der Waals surface area contributed by atoms with Gasteiger partial charge in [0.2, 0.25) is 0 Å². The lowest BCUT2D eigenvalue weighted by Gasteiger charge is -2.39. The Labute approximate surface area is 81.7 Å². The molecule has 0 aliphatic heterocycles. The third-order valence-electron chi connectivity index (χ3n) is 3.21. The van der Waals surface area contributed by atoms with E-state index in [1.807, 2.05) is 0 Å². The van der Waals surface area contributed by atoms with Gasteiger partial charge in [-0.05, 0) is 40.8 Å². The zero-order chi connectivity index (χ0) is 10.1. The van der Waals surface area contributed by atoms with E-state index in [1.165, 1.54) is 0 Å². The van der Waals surface area contributed by atoms with E-state index >= 15 is 0 Å². The zero-order valence-electron chi connectivity index (χ0n) is 9.30. The third kappa shape index (κ3) is 2.93. The van der Waals surface area contributed by atoms with Crippen LogP contribution in [-0.2, 0) is 0 Å². The van der Waals surface area contributed by atoms with Gasteiger partial charge in [-0.25, -0.2) is 0 Å². The first-order chi connectivity index (χ1) is 5.92. The summed E-state index contributed by atoms with van der Waals surface area (Å²) in [5.41, 5.74) is 5.95. The third-order valence-corrected chi connectivity index (χ3v) is 3.21. The van der Waals surface area contributed by atoms with Crippen LogP contribution < -0.4 is 11.1 Å². The van der Waals surface area contributed by atoms with Crippen LogP contribution in [-0.4, -0.2) is 43.2 Å². The van der Waals surface area contributed by atoms with Gasteiger partial charge < -0.3 is 16.0 Å². The number of nitrogens with one attached hydrogen (secondary N) is 1. The van der Waals surface area contributed by atoms with Gasteiger partial charge >= 0.3 is 0 Å². The summed E-state index contributed by atoms with van der Waals surface area (Å²) in [6.45, 7) is 5.54. The van der Waals surface area contributed by atoms with Crippen LogP contribution >= 0.6 is 0 Å². The molecule has 0 aromatic carbocycles. The molecule has 1 aliphatic rings. The molecule has 0 spiro atoms. The second-order valence-corrected chi connectivity index (χ2v) is 5.02. The molecule has 0 bridgehead atoms. The molecule has 0 radical (unpaired) electrons. The highest BCUT2D eigenvalue weighted by atomic mass is 15.2. The van der Waals surface area contributed by atoms with E-state index in [0.717, 1.165) is 19.4 Å². The molecule has 13 heavy (non-hydrogen) atoms. The molecule has 3 heteroatoms. The van der Waals surface area contributed by atoms with Crippen molar-refractivity contribution in [3.05, 3.63) is 0 Å². The van der Waals surface area contributed by atoms with Gasteiger partial charge in [0.1, 0.15) is 0 Å². The molecule has 1 aliphatic carbocycles. The lowest BCUT2D eigenvalue weighted by atomic mass is 9.87.